The number of aryl methyl sites for hydroxylation is 5. The topological polar surface area (TPSA) is 137 Å². The second kappa shape index (κ2) is 10.0. The molecule has 3 N–H and O–H groups in total. The molecule has 0 aliphatic rings. The molecule has 0 radical (unpaired) electrons. The molecule has 0 saturated heterocycles. The van der Waals surface area contributed by atoms with Crippen LogP contribution in [0.15, 0.2) is 75.7 Å². The van der Waals surface area contributed by atoms with Crippen LogP contribution in [0.4, 0.5) is 11.4 Å². The molecule has 0 spiro atoms. The Balaban J connectivity index is 1.38. The Morgan fingerprint density at radius 2 is 1.76 bits per heavy atom. The van der Waals surface area contributed by atoms with Gasteiger partial charge in [0.2, 0.25) is 0 Å². The number of H-pyrrole nitrogens is 2. The Morgan fingerprint density at radius 1 is 0.946 bits per heavy atom. The SMILES string of the molecule is Cc1ccc(-n2[nH]c(C)c(N=Nc3cccc(-c4ccc(CCc5nn[nH]n5)cc4)c3O)c2=O)cc1C. The molecule has 186 valence electrons. The predicted octanol–water partition coefficient (Wildman–Crippen LogP) is 5.18. The van der Waals surface area contributed by atoms with Gasteiger partial charge >= 0.3 is 0 Å². The fourth-order valence-electron chi connectivity index (χ4n) is 4.05. The van der Waals surface area contributed by atoms with Crippen LogP contribution in [0.2, 0.25) is 0 Å². The lowest BCUT2D eigenvalue weighted by Crippen LogP contribution is -2.14. The van der Waals surface area contributed by atoms with Gasteiger partial charge < -0.3 is 5.11 Å². The van der Waals surface area contributed by atoms with Crippen LogP contribution in [0.3, 0.4) is 0 Å². The molecule has 0 atom stereocenters. The number of para-hydroxylation sites is 1. The Hall–Kier alpha value is -4.86. The highest BCUT2D eigenvalue weighted by molar-refractivity contribution is 5.76. The number of aromatic hydroxyl groups is 1. The van der Waals surface area contributed by atoms with E-state index < -0.39 is 0 Å². The van der Waals surface area contributed by atoms with E-state index in [2.05, 4.69) is 36.0 Å². The van der Waals surface area contributed by atoms with E-state index in [1.54, 1.807) is 19.1 Å². The van der Waals surface area contributed by atoms with Crippen molar-refractivity contribution in [1.82, 2.24) is 30.4 Å². The molecule has 2 aromatic heterocycles. The molecule has 5 rings (SSSR count). The van der Waals surface area contributed by atoms with Crippen molar-refractivity contribution < 1.29 is 5.11 Å². The Morgan fingerprint density at radius 3 is 2.49 bits per heavy atom. The maximum atomic E-state index is 13.0. The number of hydrogen-bond acceptors (Lipinski definition) is 7. The van der Waals surface area contributed by atoms with E-state index >= 15 is 0 Å². The molecule has 5 aromatic rings. The first kappa shape index (κ1) is 23.9. The number of aromatic nitrogens is 6. The number of phenols is 1. The van der Waals surface area contributed by atoms with Gasteiger partial charge in [0, 0.05) is 12.0 Å². The minimum Gasteiger partial charge on any atom is -0.505 e. The van der Waals surface area contributed by atoms with Gasteiger partial charge in [-0.2, -0.15) is 5.21 Å². The number of nitrogens with zero attached hydrogens (tertiary/aromatic N) is 6. The highest BCUT2D eigenvalue weighted by Crippen LogP contribution is 2.38. The zero-order chi connectivity index (χ0) is 25.9. The summed E-state index contributed by atoms with van der Waals surface area (Å²) in [6, 6.07) is 19.0. The Bertz CT molecular complexity index is 1630. The molecule has 10 heteroatoms. The van der Waals surface area contributed by atoms with E-state index in [0.29, 0.717) is 23.5 Å². The summed E-state index contributed by atoms with van der Waals surface area (Å²) in [6.45, 7) is 5.79. The van der Waals surface area contributed by atoms with Crippen molar-refractivity contribution in [2.24, 2.45) is 10.2 Å². The lowest BCUT2D eigenvalue weighted by atomic mass is 10.0. The number of benzene rings is 3. The standard InChI is InChI=1S/C27H26N8O2/c1-16-7-13-21(15-17(16)2)35-27(37)25(18(3)32-35)31-28-23-6-4-5-22(26(23)36)20-11-8-19(9-12-20)10-14-24-29-33-34-30-24/h4-9,11-13,15,32,36H,10,14H2,1-3H3,(H,29,30,33,34). The summed E-state index contributed by atoms with van der Waals surface area (Å²) < 4.78 is 1.45. The first-order valence-electron chi connectivity index (χ1n) is 11.9. The number of hydrogen-bond donors (Lipinski definition) is 3. The second-order valence-electron chi connectivity index (χ2n) is 8.89. The molecule has 0 bridgehead atoms. The highest BCUT2D eigenvalue weighted by atomic mass is 16.3. The van der Waals surface area contributed by atoms with Crippen LogP contribution >= 0.6 is 0 Å². The van der Waals surface area contributed by atoms with Crippen LogP contribution in [-0.2, 0) is 12.8 Å². The van der Waals surface area contributed by atoms with Gasteiger partial charge in [-0.15, -0.1) is 20.4 Å². The van der Waals surface area contributed by atoms with E-state index in [-0.39, 0.29) is 22.7 Å². The number of phenolic OH excluding ortho intramolecular Hbond substituents is 1. The molecule has 37 heavy (non-hydrogen) atoms. The molecule has 0 unspecified atom stereocenters. The van der Waals surface area contributed by atoms with Crippen LogP contribution < -0.4 is 5.56 Å². The molecule has 0 saturated carbocycles. The molecular weight excluding hydrogens is 468 g/mol. The monoisotopic (exact) mass is 494 g/mol. The lowest BCUT2D eigenvalue weighted by Gasteiger charge is -2.08. The zero-order valence-electron chi connectivity index (χ0n) is 20.7. The Kier molecular flexibility index (Phi) is 6.46. The molecule has 0 fully saturated rings. The van der Waals surface area contributed by atoms with Gasteiger partial charge in [-0.05, 0) is 67.6 Å². The number of nitrogens with one attached hydrogen (secondary N) is 2. The van der Waals surface area contributed by atoms with Crippen LogP contribution in [0, 0.1) is 20.8 Å². The first-order chi connectivity index (χ1) is 17.9. The minimum atomic E-state index is -0.309. The summed E-state index contributed by atoms with van der Waals surface area (Å²) >= 11 is 0. The third-order valence-electron chi connectivity index (χ3n) is 6.35. The van der Waals surface area contributed by atoms with Crippen molar-refractivity contribution in [2.75, 3.05) is 0 Å². The van der Waals surface area contributed by atoms with Crippen LogP contribution in [0.5, 0.6) is 5.75 Å². The summed E-state index contributed by atoms with van der Waals surface area (Å²) in [7, 11) is 0. The third kappa shape index (κ3) is 4.94. The number of rotatable bonds is 7. The van der Waals surface area contributed by atoms with Crippen molar-refractivity contribution in [3.63, 3.8) is 0 Å². The van der Waals surface area contributed by atoms with Crippen molar-refractivity contribution in [3.8, 4) is 22.6 Å². The molecule has 2 heterocycles. The maximum absolute atomic E-state index is 13.0. The Labute approximate surface area is 212 Å². The fraction of sp³-hybridized carbons (Fsp3) is 0.185. The van der Waals surface area contributed by atoms with Gasteiger partial charge in [-0.3, -0.25) is 9.89 Å². The fourth-order valence-corrected chi connectivity index (χ4v) is 4.05. The summed E-state index contributed by atoms with van der Waals surface area (Å²) in [4.78, 5) is 13.0. The predicted molar refractivity (Wildman–Crippen MR) is 140 cm³/mol. The van der Waals surface area contributed by atoms with Crippen molar-refractivity contribution in [1.29, 1.82) is 0 Å². The van der Waals surface area contributed by atoms with Crippen LogP contribution in [0.1, 0.15) is 28.2 Å². The quantitative estimate of drug-likeness (QED) is 0.268. The second-order valence-corrected chi connectivity index (χ2v) is 8.89. The van der Waals surface area contributed by atoms with E-state index in [9.17, 15) is 9.90 Å². The normalized spacial score (nSPS) is 11.4. The molecule has 0 amide bonds. The zero-order valence-corrected chi connectivity index (χ0v) is 20.7. The van der Waals surface area contributed by atoms with Gasteiger partial charge in [0.05, 0.1) is 11.4 Å². The average molecular weight is 495 g/mol. The van der Waals surface area contributed by atoms with Crippen LogP contribution in [0.25, 0.3) is 16.8 Å². The molecule has 3 aromatic carbocycles. The average Bonchev–Trinajstić information content (AvgIpc) is 3.52. The summed E-state index contributed by atoms with van der Waals surface area (Å²) in [5.41, 5.74) is 6.28. The maximum Gasteiger partial charge on any atom is 0.299 e. The smallest absolute Gasteiger partial charge is 0.299 e. The van der Waals surface area contributed by atoms with Crippen LogP contribution in [-0.4, -0.2) is 35.5 Å². The van der Waals surface area contributed by atoms with Gasteiger partial charge in [0.1, 0.15) is 5.69 Å². The van der Waals surface area contributed by atoms with Crippen molar-refractivity contribution in [3.05, 3.63) is 99.2 Å². The van der Waals surface area contributed by atoms with Gasteiger partial charge in [-0.1, -0.05) is 47.7 Å². The third-order valence-corrected chi connectivity index (χ3v) is 6.35. The summed E-state index contributed by atoms with van der Waals surface area (Å²) in [6.07, 6.45) is 1.45. The lowest BCUT2D eigenvalue weighted by molar-refractivity contribution is 0.478. The molecule has 10 nitrogen and oxygen atoms in total. The van der Waals surface area contributed by atoms with Gasteiger partial charge in [0.15, 0.2) is 17.3 Å². The molecule has 0 aliphatic carbocycles. The van der Waals surface area contributed by atoms with E-state index in [1.165, 1.54) is 4.68 Å². The number of aromatic amines is 2. The molecule has 0 aliphatic heterocycles. The van der Waals surface area contributed by atoms with Gasteiger partial charge in [-0.25, -0.2) is 4.68 Å². The van der Waals surface area contributed by atoms with Crippen molar-refractivity contribution in [2.45, 2.75) is 33.6 Å². The van der Waals surface area contributed by atoms with E-state index in [4.69, 9.17) is 0 Å². The highest BCUT2D eigenvalue weighted by Gasteiger charge is 2.14. The summed E-state index contributed by atoms with van der Waals surface area (Å²) in [5.74, 6) is 0.659. The van der Waals surface area contributed by atoms with Gasteiger partial charge in [0.25, 0.3) is 5.56 Å². The molecular formula is C27H26N8O2. The number of tetrazole rings is 1. The van der Waals surface area contributed by atoms with Crippen molar-refractivity contribution >= 4 is 11.4 Å². The largest absolute Gasteiger partial charge is 0.505 e. The van der Waals surface area contributed by atoms with E-state index in [1.807, 2.05) is 62.4 Å². The summed E-state index contributed by atoms with van der Waals surface area (Å²) in [5, 5.41) is 36.4. The first-order valence-corrected chi connectivity index (χ1v) is 11.9. The number of azo groups is 1. The minimum absolute atomic E-state index is 0.00605. The van der Waals surface area contributed by atoms with E-state index in [0.717, 1.165) is 34.4 Å².